The second-order valence-corrected chi connectivity index (χ2v) is 5.79. The Morgan fingerprint density at radius 1 is 1.26 bits per heavy atom. The van der Waals surface area contributed by atoms with E-state index in [1.165, 1.54) is 0 Å². The van der Waals surface area contributed by atoms with Crippen LogP contribution in [0.3, 0.4) is 0 Å². The van der Waals surface area contributed by atoms with E-state index in [-0.39, 0.29) is 5.91 Å². The number of nitrogens with zero attached hydrogens (tertiary/aromatic N) is 2. The van der Waals surface area contributed by atoms with E-state index in [4.69, 9.17) is 5.73 Å². The van der Waals surface area contributed by atoms with Gasteiger partial charge in [0, 0.05) is 32.6 Å². The van der Waals surface area contributed by atoms with Gasteiger partial charge in [-0.1, -0.05) is 13.8 Å². The zero-order chi connectivity index (χ0) is 14.3. The summed E-state index contributed by atoms with van der Waals surface area (Å²) in [6.45, 7) is 7.66. The van der Waals surface area contributed by atoms with Crippen molar-refractivity contribution >= 4 is 12.3 Å². The zero-order valence-corrected chi connectivity index (χ0v) is 12.2. The maximum Gasteiger partial charge on any atom is 0.222 e. The van der Waals surface area contributed by atoms with Crippen LogP contribution in [0.25, 0.3) is 0 Å². The van der Waals surface area contributed by atoms with E-state index >= 15 is 0 Å². The second kappa shape index (κ2) is 8.15. The van der Waals surface area contributed by atoms with Gasteiger partial charge >= 0.3 is 0 Å². The molecule has 0 saturated carbocycles. The first-order chi connectivity index (χ1) is 9.06. The summed E-state index contributed by atoms with van der Waals surface area (Å²) in [5.41, 5.74) is 5.75. The van der Waals surface area contributed by atoms with Crippen LogP contribution in [0.1, 0.15) is 33.1 Å². The molecule has 0 radical (unpaired) electrons. The average molecular weight is 269 g/mol. The van der Waals surface area contributed by atoms with Crippen LogP contribution in [-0.4, -0.2) is 54.8 Å². The molecule has 1 atom stereocenters. The van der Waals surface area contributed by atoms with Crippen molar-refractivity contribution in [2.24, 2.45) is 17.6 Å². The van der Waals surface area contributed by atoms with Crippen LogP contribution >= 0.6 is 0 Å². The lowest BCUT2D eigenvalue weighted by Crippen LogP contribution is -2.48. The van der Waals surface area contributed by atoms with Crippen molar-refractivity contribution < 1.29 is 9.59 Å². The first-order valence-corrected chi connectivity index (χ1v) is 7.24. The molecule has 1 aliphatic heterocycles. The molecule has 0 spiro atoms. The summed E-state index contributed by atoms with van der Waals surface area (Å²) >= 11 is 0. The maximum atomic E-state index is 12.1. The summed E-state index contributed by atoms with van der Waals surface area (Å²) < 4.78 is 0. The lowest BCUT2D eigenvalue weighted by Gasteiger charge is -2.33. The lowest BCUT2D eigenvalue weighted by molar-refractivity contribution is -0.135. The largest absolute Gasteiger partial charge is 0.342 e. The van der Waals surface area contributed by atoms with E-state index in [1.54, 1.807) is 4.90 Å². The Hall–Kier alpha value is -1.10. The first kappa shape index (κ1) is 16.0. The van der Waals surface area contributed by atoms with Crippen LogP contribution in [0.2, 0.25) is 0 Å². The van der Waals surface area contributed by atoms with Gasteiger partial charge in [-0.15, -0.1) is 0 Å². The van der Waals surface area contributed by atoms with Gasteiger partial charge in [0.05, 0.1) is 0 Å². The van der Waals surface area contributed by atoms with Crippen molar-refractivity contribution in [1.82, 2.24) is 9.80 Å². The number of hydrogen-bond acceptors (Lipinski definition) is 3. The quantitative estimate of drug-likeness (QED) is 0.691. The van der Waals surface area contributed by atoms with E-state index in [1.807, 2.05) is 4.90 Å². The molecule has 1 rings (SSSR count). The van der Waals surface area contributed by atoms with E-state index in [2.05, 4.69) is 13.8 Å². The van der Waals surface area contributed by atoms with Gasteiger partial charge in [-0.3, -0.25) is 9.59 Å². The fourth-order valence-electron chi connectivity index (χ4n) is 2.56. The molecule has 5 nitrogen and oxygen atoms in total. The normalized spacial score (nSPS) is 17.7. The third-order valence-electron chi connectivity index (χ3n) is 3.72. The molecule has 110 valence electrons. The number of amides is 2. The number of carbonyl (C=O) groups is 2. The van der Waals surface area contributed by atoms with Gasteiger partial charge in [0.1, 0.15) is 0 Å². The molecule has 1 aliphatic rings. The molecule has 19 heavy (non-hydrogen) atoms. The third kappa shape index (κ3) is 5.59. The van der Waals surface area contributed by atoms with Gasteiger partial charge in [0.15, 0.2) is 0 Å². The van der Waals surface area contributed by atoms with Crippen molar-refractivity contribution in [1.29, 1.82) is 0 Å². The minimum atomic E-state index is 0.202. The highest BCUT2D eigenvalue weighted by Crippen LogP contribution is 2.17. The highest BCUT2D eigenvalue weighted by Gasteiger charge is 2.20. The van der Waals surface area contributed by atoms with Gasteiger partial charge in [0.2, 0.25) is 12.3 Å². The third-order valence-corrected chi connectivity index (χ3v) is 3.72. The zero-order valence-electron chi connectivity index (χ0n) is 12.2. The minimum Gasteiger partial charge on any atom is -0.342 e. The Bertz CT molecular complexity index is 286. The maximum absolute atomic E-state index is 12.1. The monoisotopic (exact) mass is 269 g/mol. The molecular weight excluding hydrogens is 242 g/mol. The average Bonchev–Trinajstić information content (AvgIpc) is 2.42. The van der Waals surface area contributed by atoms with Crippen molar-refractivity contribution in [3.63, 3.8) is 0 Å². The van der Waals surface area contributed by atoms with Crippen molar-refractivity contribution in [2.45, 2.75) is 33.1 Å². The van der Waals surface area contributed by atoms with Crippen LogP contribution in [0.5, 0.6) is 0 Å². The Morgan fingerprint density at radius 2 is 1.89 bits per heavy atom. The molecule has 2 amide bonds. The fraction of sp³-hybridized carbons (Fsp3) is 0.857. The molecule has 1 saturated heterocycles. The summed E-state index contributed by atoms with van der Waals surface area (Å²) in [4.78, 5) is 26.3. The number of carbonyl (C=O) groups excluding carboxylic acids is 2. The highest BCUT2D eigenvalue weighted by atomic mass is 16.2. The van der Waals surface area contributed by atoms with Crippen LogP contribution in [0.15, 0.2) is 0 Å². The van der Waals surface area contributed by atoms with E-state index in [0.29, 0.717) is 51.0 Å². The number of piperazine rings is 1. The van der Waals surface area contributed by atoms with Gasteiger partial charge in [-0.05, 0) is 31.2 Å². The van der Waals surface area contributed by atoms with Crippen LogP contribution < -0.4 is 5.73 Å². The minimum absolute atomic E-state index is 0.202. The van der Waals surface area contributed by atoms with E-state index in [0.717, 1.165) is 19.3 Å². The predicted molar refractivity (Wildman–Crippen MR) is 75.5 cm³/mol. The molecule has 2 N–H and O–H groups in total. The topological polar surface area (TPSA) is 66.6 Å². The summed E-state index contributed by atoms with van der Waals surface area (Å²) in [5.74, 6) is 1.27. The highest BCUT2D eigenvalue weighted by molar-refractivity contribution is 5.76. The Balaban J connectivity index is 2.29. The predicted octanol–water partition coefficient (Wildman–Crippen LogP) is 0.688. The molecule has 1 heterocycles. The van der Waals surface area contributed by atoms with Gasteiger partial charge in [-0.25, -0.2) is 0 Å². The van der Waals surface area contributed by atoms with Crippen molar-refractivity contribution in [2.75, 3.05) is 32.7 Å². The van der Waals surface area contributed by atoms with E-state index in [9.17, 15) is 9.59 Å². The SMILES string of the molecule is CC(C)CC(CN)CCC(=O)N1CCN(C=O)CC1. The number of rotatable bonds is 7. The van der Waals surface area contributed by atoms with Gasteiger partial charge < -0.3 is 15.5 Å². The van der Waals surface area contributed by atoms with Crippen molar-refractivity contribution in [3.8, 4) is 0 Å². The standard InChI is InChI=1S/C14H27N3O2/c1-12(2)9-13(10-15)3-4-14(19)17-7-5-16(11-18)6-8-17/h11-13H,3-10,15H2,1-2H3. The molecule has 1 unspecified atom stereocenters. The molecule has 0 aromatic rings. The molecular formula is C14H27N3O2. The van der Waals surface area contributed by atoms with Crippen molar-refractivity contribution in [3.05, 3.63) is 0 Å². The smallest absolute Gasteiger partial charge is 0.222 e. The summed E-state index contributed by atoms with van der Waals surface area (Å²) in [7, 11) is 0. The molecule has 0 aromatic heterocycles. The lowest BCUT2D eigenvalue weighted by atomic mass is 9.93. The second-order valence-electron chi connectivity index (χ2n) is 5.79. The van der Waals surface area contributed by atoms with E-state index < -0.39 is 0 Å². The van der Waals surface area contributed by atoms with Crippen LogP contribution in [0, 0.1) is 11.8 Å². The summed E-state index contributed by atoms with van der Waals surface area (Å²) in [5, 5.41) is 0. The van der Waals surface area contributed by atoms with Crippen LogP contribution in [0.4, 0.5) is 0 Å². The first-order valence-electron chi connectivity index (χ1n) is 7.24. The fourth-order valence-corrected chi connectivity index (χ4v) is 2.56. The Morgan fingerprint density at radius 3 is 2.37 bits per heavy atom. The Labute approximate surface area is 116 Å². The summed E-state index contributed by atoms with van der Waals surface area (Å²) in [6, 6.07) is 0. The molecule has 1 fully saturated rings. The van der Waals surface area contributed by atoms with Gasteiger partial charge in [0.25, 0.3) is 0 Å². The van der Waals surface area contributed by atoms with Crippen LogP contribution in [-0.2, 0) is 9.59 Å². The molecule has 0 aliphatic carbocycles. The molecule has 0 aromatic carbocycles. The summed E-state index contributed by atoms with van der Waals surface area (Å²) in [6.07, 6.45) is 3.40. The van der Waals surface area contributed by atoms with Gasteiger partial charge in [-0.2, -0.15) is 0 Å². The molecule has 5 heteroatoms. The number of nitrogens with two attached hydrogens (primary N) is 1. The number of hydrogen-bond donors (Lipinski definition) is 1. The molecule has 0 bridgehead atoms. The Kier molecular flexibility index (Phi) is 6.84.